The molecule has 0 saturated carbocycles. The molecule has 3 aromatic rings. The van der Waals surface area contributed by atoms with Crippen LogP contribution < -0.4 is 9.64 Å². The lowest BCUT2D eigenvalue weighted by Gasteiger charge is -2.27. The summed E-state index contributed by atoms with van der Waals surface area (Å²) in [6.45, 7) is 10.4. The van der Waals surface area contributed by atoms with Crippen LogP contribution in [0.15, 0.2) is 66.5 Å². The zero-order valence-corrected chi connectivity index (χ0v) is 20.7. The summed E-state index contributed by atoms with van der Waals surface area (Å²) in [5, 5.41) is 11.5. The minimum atomic E-state index is -0.785. The van der Waals surface area contributed by atoms with Crippen molar-refractivity contribution < 1.29 is 19.4 Å². The van der Waals surface area contributed by atoms with Crippen LogP contribution in [-0.4, -0.2) is 28.4 Å². The Balaban J connectivity index is 1.95. The molecule has 1 amide bonds. The molecule has 1 aliphatic heterocycles. The number of ether oxygens (including phenoxy) is 1. The molecule has 35 heavy (non-hydrogen) atoms. The lowest BCUT2D eigenvalue weighted by molar-refractivity contribution is -0.132. The monoisotopic (exact) mass is 470 g/mol. The van der Waals surface area contributed by atoms with Crippen molar-refractivity contribution >= 4 is 23.1 Å². The van der Waals surface area contributed by atoms with Gasteiger partial charge in [-0.2, -0.15) is 0 Å². The molecule has 1 unspecified atom stereocenters. The number of nitrogens with zero attached hydrogens (tertiary/aromatic N) is 2. The molecule has 1 aromatic heterocycles. The molecule has 2 aromatic carbocycles. The summed E-state index contributed by atoms with van der Waals surface area (Å²) in [5.41, 5.74) is 4.68. The number of aliphatic hydroxyl groups is 1. The van der Waals surface area contributed by atoms with Crippen molar-refractivity contribution in [1.29, 1.82) is 0 Å². The van der Waals surface area contributed by atoms with E-state index in [9.17, 15) is 14.7 Å². The Kier molecular flexibility index (Phi) is 6.74. The van der Waals surface area contributed by atoms with Crippen LogP contribution in [0.4, 0.5) is 5.69 Å². The standard InChI is InChI=1S/C29H30N2O4/c1-6-35-24-11-10-21(16-22(24)17(2)3)27(32)25-26(20-12-14-30-15-13-20)31(29(34)28(25)33)23-9-7-8-18(4)19(23)5/h7-17,26,32H,6H2,1-5H3/b27-25+. The van der Waals surface area contributed by atoms with Crippen LogP contribution in [0.3, 0.4) is 0 Å². The quantitative estimate of drug-likeness (QED) is 0.278. The number of aromatic nitrogens is 1. The summed E-state index contributed by atoms with van der Waals surface area (Å²) in [5.74, 6) is -0.719. The highest BCUT2D eigenvalue weighted by Gasteiger charge is 2.47. The van der Waals surface area contributed by atoms with Crippen molar-refractivity contribution in [3.8, 4) is 5.75 Å². The van der Waals surface area contributed by atoms with E-state index < -0.39 is 17.7 Å². The summed E-state index contributed by atoms with van der Waals surface area (Å²) in [4.78, 5) is 32.4. The average Bonchev–Trinajstić information content (AvgIpc) is 3.11. The molecule has 4 rings (SSSR count). The molecule has 6 nitrogen and oxygen atoms in total. The third-order valence-corrected chi connectivity index (χ3v) is 6.51. The molecule has 1 fully saturated rings. The summed E-state index contributed by atoms with van der Waals surface area (Å²) < 4.78 is 5.75. The van der Waals surface area contributed by atoms with Gasteiger partial charge in [-0.1, -0.05) is 26.0 Å². The average molecular weight is 471 g/mol. The maximum Gasteiger partial charge on any atom is 0.300 e. The first kappa shape index (κ1) is 24.2. The van der Waals surface area contributed by atoms with Crippen molar-refractivity contribution in [2.24, 2.45) is 0 Å². The van der Waals surface area contributed by atoms with Crippen LogP contribution in [0, 0.1) is 13.8 Å². The van der Waals surface area contributed by atoms with E-state index in [-0.39, 0.29) is 17.3 Å². The van der Waals surface area contributed by atoms with E-state index in [1.165, 1.54) is 4.90 Å². The molecule has 0 bridgehead atoms. The number of anilines is 1. The highest BCUT2D eigenvalue weighted by Crippen LogP contribution is 2.43. The zero-order valence-electron chi connectivity index (χ0n) is 20.7. The Morgan fingerprint density at radius 1 is 1.09 bits per heavy atom. The van der Waals surface area contributed by atoms with E-state index in [4.69, 9.17) is 4.74 Å². The van der Waals surface area contributed by atoms with E-state index >= 15 is 0 Å². The first-order valence-corrected chi connectivity index (χ1v) is 11.8. The molecule has 1 saturated heterocycles. The molecular formula is C29H30N2O4. The van der Waals surface area contributed by atoms with Crippen molar-refractivity contribution in [3.63, 3.8) is 0 Å². The second-order valence-corrected chi connectivity index (χ2v) is 9.01. The van der Waals surface area contributed by atoms with Gasteiger partial charge in [-0.05, 0) is 85.3 Å². The van der Waals surface area contributed by atoms with Gasteiger partial charge in [0, 0.05) is 23.6 Å². The topological polar surface area (TPSA) is 79.7 Å². The highest BCUT2D eigenvalue weighted by atomic mass is 16.5. The number of hydrogen-bond donors (Lipinski definition) is 1. The Labute approximate surface area is 205 Å². The van der Waals surface area contributed by atoms with Gasteiger partial charge in [-0.25, -0.2) is 0 Å². The molecule has 0 radical (unpaired) electrons. The summed E-state index contributed by atoms with van der Waals surface area (Å²) in [6.07, 6.45) is 3.23. The second kappa shape index (κ2) is 9.74. The number of carbonyl (C=O) groups is 2. The molecular weight excluding hydrogens is 440 g/mol. The summed E-state index contributed by atoms with van der Waals surface area (Å²) in [7, 11) is 0. The first-order valence-electron chi connectivity index (χ1n) is 11.8. The number of benzene rings is 2. The molecule has 0 aliphatic carbocycles. The molecule has 6 heteroatoms. The fraction of sp³-hybridized carbons (Fsp3) is 0.276. The van der Waals surface area contributed by atoms with Crippen LogP contribution in [0.25, 0.3) is 5.76 Å². The lowest BCUT2D eigenvalue weighted by atomic mass is 9.93. The number of rotatable bonds is 6. The normalized spacial score (nSPS) is 17.3. The van der Waals surface area contributed by atoms with Gasteiger partial charge in [0.05, 0.1) is 18.2 Å². The Bertz CT molecular complexity index is 1310. The number of pyridine rings is 1. The van der Waals surface area contributed by atoms with Crippen LogP contribution in [0.2, 0.25) is 0 Å². The van der Waals surface area contributed by atoms with Crippen LogP contribution in [-0.2, 0) is 9.59 Å². The van der Waals surface area contributed by atoms with Gasteiger partial charge >= 0.3 is 0 Å². The van der Waals surface area contributed by atoms with Crippen LogP contribution in [0.5, 0.6) is 5.75 Å². The van der Waals surface area contributed by atoms with Gasteiger partial charge < -0.3 is 9.84 Å². The SMILES string of the molecule is CCOc1ccc(/C(O)=C2\C(=O)C(=O)N(c3cccc(C)c3C)C2c2ccncc2)cc1C(C)C. The maximum absolute atomic E-state index is 13.4. The van der Waals surface area contributed by atoms with Gasteiger partial charge in [-0.15, -0.1) is 0 Å². The van der Waals surface area contributed by atoms with E-state index in [0.717, 1.165) is 22.4 Å². The van der Waals surface area contributed by atoms with Gasteiger partial charge in [0.1, 0.15) is 11.5 Å². The van der Waals surface area contributed by atoms with E-state index in [0.29, 0.717) is 23.4 Å². The van der Waals surface area contributed by atoms with Crippen molar-refractivity contribution in [3.05, 3.63) is 94.3 Å². The van der Waals surface area contributed by atoms with Gasteiger partial charge in [-0.3, -0.25) is 19.5 Å². The molecule has 180 valence electrons. The number of aryl methyl sites for hydroxylation is 1. The lowest BCUT2D eigenvalue weighted by Crippen LogP contribution is -2.30. The second-order valence-electron chi connectivity index (χ2n) is 9.01. The smallest absolute Gasteiger partial charge is 0.300 e. The van der Waals surface area contributed by atoms with Crippen LogP contribution >= 0.6 is 0 Å². The molecule has 1 N–H and O–H groups in total. The summed E-state index contributed by atoms with van der Waals surface area (Å²) in [6, 6.07) is 13.8. The predicted octanol–water partition coefficient (Wildman–Crippen LogP) is 5.85. The van der Waals surface area contributed by atoms with Gasteiger partial charge in [0.2, 0.25) is 0 Å². The molecule has 2 heterocycles. The van der Waals surface area contributed by atoms with Crippen molar-refractivity contribution in [2.45, 2.75) is 46.6 Å². The van der Waals surface area contributed by atoms with Gasteiger partial charge in [0.15, 0.2) is 0 Å². The summed E-state index contributed by atoms with van der Waals surface area (Å²) >= 11 is 0. The van der Waals surface area contributed by atoms with E-state index in [1.54, 1.807) is 36.7 Å². The maximum atomic E-state index is 13.4. The molecule has 1 atom stereocenters. The predicted molar refractivity (Wildman–Crippen MR) is 137 cm³/mol. The number of hydrogen-bond acceptors (Lipinski definition) is 5. The minimum absolute atomic E-state index is 0.0565. The highest BCUT2D eigenvalue weighted by molar-refractivity contribution is 6.51. The Morgan fingerprint density at radius 2 is 1.80 bits per heavy atom. The number of amides is 1. The molecule has 1 aliphatic rings. The Hall–Kier alpha value is -3.93. The fourth-order valence-corrected chi connectivity index (χ4v) is 4.53. The Morgan fingerprint density at radius 3 is 2.46 bits per heavy atom. The minimum Gasteiger partial charge on any atom is -0.507 e. The van der Waals surface area contributed by atoms with E-state index in [2.05, 4.69) is 4.98 Å². The first-order chi connectivity index (χ1) is 16.8. The molecule has 0 spiro atoms. The fourth-order valence-electron chi connectivity index (χ4n) is 4.53. The largest absolute Gasteiger partial charge is 0.507 e. The number of Topliss-reactive ketones (excluding diaryl/α,β-unsaturated/α-hetero) is 1. The zero-order chi connectivity index (χ0) is 25.3. The van der Waals surface area contributed by atoms with Crippen LogP contribution in [0.1, 0.15) is 60.5 Å². The third-order valence-electron chi connectivity index (χ3n) is 6.51. The number of ketones is 1. The van der Waals surface area contributed by atoms with Gasteiger partial charge in [0.25, 0.3) is 11.7 Å². The third kappa shape index (κ3) is 4.32. The number of carbonyl (C=O) groups excluding carboxylic acids is 2. The van der Waals surface area contributed by atoms with Crippen molar-refractivity contribution in [1.82, 2.24) is 4.98 Å². The number of aliphatic hydroxyl groups excluding tert-OH is 1. The van der Waals surface area contributed by atoms with E-state index in [1.807, 2.05) is 58.9 Å². The van der Waals surface area contributed by atoms with Crippen molar-refractivity contribution in [2.75, 3.05) is 11.5 Å².